The van der Waals surface area contributed by atoms with Crippen molar-refractivity contribution in [3.8, 4) is 5.69 Å². The number of benzene rings is 2. The molecule has 2 heterocycles. The fourth-order valence-corrected chi connectivity index (χ4v) is 4.63. The summed E-state index contributed by atoms with van der Waals surface area (Å²) in [4.78, 5) is 17.9. The molecule has 0 unspecified atom stereocenters. The Bertz CT molecular complexity index is 1090. The van der Waals surface area contributed by atoms with Crippen LogP contribution < -0.4 is 0 Å². The molecule has 1 saturated carbocycles. The predicted molar refractivity (Wildman–Crippen MR) is 127 cm³/mol. The Morgan fingerprint density at radius 2 is 1.88 bits per heavy atom. The highest BCUT2D eigenvalue weighted by Gasteiger charge is 2.31. The lowest BCUT2D eigenvalue weighted by Gasteiger charge is -2.27. The Balaban J connectivity index is 1.49. The summed E-state index contributed by atoms with van der Waals surface area (Å²) in [5.41, 5.74) is 5.34. The molecular weight excluding hydrogens is 420 g/mol. The van der Waals surface area contributed by atoms with Gasteiger partial charge in [0.25, 0.3) is 5.91 Å². The first-order valence-corrected chi connectivity index (χ1v) is 11.9. The van der Waals surface area contributed by atoms with Crippen molar-refractivity contribution in [2.75, 3.05) is 19.6 Å². The molecule has 0 N–H and O–H groups in total. The normalized spacial score (nSPS) is 16.1. The number of fused-ring (bicyclic) bond motifs is 1. The molecule has 3 aromatic rings. The number of amides is 1. The molecule has 2 aromatic carbocycles. The second-order valence-corrected chi connectivity index (χ2v) is 9.31. The van der Waals surface area contributed by atoms with Gasteiger partial charge in [-0.3, -0.25) is 9.69 Å². The van der Waals surface area contributed by atoms with Crippen molar-refractivity contribution in [1.29, 1.82) is 0 Å². The fraction of sp³-hybridized carbons (Fsp3) is 0.385. The van der Waals surface area contributed by atoms with Crippen LogP contribution in [0.25, 0.3) is 5.69 Å². The van der Waals surface area contributed by atoms with Crippen molar-refractivity contribution in [3.63, 3.8) is 0 Å². The molecule has 1 amide bonds. The number of hydrogen-bond donors (Lipinski definition) is 0. The minimum atomic E-state index is 0.0553. The average Bonchev–Trinajstić information content (AvgIpc) is 3.58. The van der Waals surface area contributed by atoms with E-state index < -0.39 is 0 Å². The maximum absolute atomic E-state index is 13.4. The van der Waals surface area contributed by atoms with E-state index in [1.165, 1.54) is 24.1 Å². The maximum Gasteiger partial charge on any atom is 0.254 e. The van der Waals surface area contributed by atoms with E-state index >= 15 is 0 Å². The van der Waals surface area contributed by atoms with Crippen molar-refractivity contribution < 1.29 is 4.79 Å². The number of carbonyl (C=O) groups excluding carboxylic acids is 1. The van der Waals surface area contributed by atoms with Gasteiger partial charge >= 0.3 is 0 Å². The van der Waals surface area contributed by atoms with E-state index in [2.05, 4.69) is 28.6 Å². The monoisotopic (exact) mass is 448 g/mol. The van der Waals surface area contributed by atoms with Gasteiger partial charge in [-0.2, -0.15) is 5.10 Å². The standard InChI is InChI=1S/C26H29ClN4O/c1-2-29-15-14-25-23(17-29)24(28-31(25)22-6-4-3-5-7-22)18-30(16-19-8-9-19)26(32)20-10-12-21(27)13-11-20/h3-7,10-13,19H,2,8-9,14-18H2,1H3. The Hall–Kier alpha value is -2.63. The molecule has 6 heteroatoms. The summed E-state index contributed by atoms with van der Waals surface area (Å²) in [6, 6.07) is 17.5. The third-order valence-electron chi connectivity index (χ3n) is 6.56. The van der Waals surface area contributed by atoms with Crippen molar-refractivity contribution in [1.82, 2.24) is 19.6 Å². The van der Waals surface area contributed by atoms with Crippen molar-refractivity contribution in [3.05, 3.63) is 82.1 Å². The van der Waals surface area contributed by atoms with Crippen LogP contribution in [0.2, 0.25) is 5.02 Å². The lowest BCUT2D eigenvalue weighted by Crippen LogP contribution is -2.34. The summed E-state index contributed by atoms with van der Waals surface area (Å²) in [6.07, 6.45) is 3.37. The van der Waals surface area contributed by atoms with Crippen LogP contribution in [-0.4, -0.2) is 45.1 Å². The third-order valence-corrected chi connectivity index (χ3v) is 6.81. The van der Waals surface area contributed by atoms with Crippen molar-refractivity contribution >= 4 is 17.5 Å². The summed E-state index contributed by atoms with van der Waals surface area (Å²) in [7, 11) is 0. The summed E-state index contributed by atoms with van der Waals surface area (Å²) in [5.74, 6) is 0.658. The quantitative estimate of drug-likeness (QED) is 0.513. The van der Waals surface area contributed by atoms with Crippen LogP contribution in [0.4, 0.5) is 0 Å². The first-order valence-electron chi connectivity index (χ1n) is 11.5. The second kappa shape index (κ2) is 9.08. The average molecular weight is 449 g/mol. The molecular formula is C26H29ClN4O. The lowest BCUT2D eigenvalue weighted by molar-refractivity contribution is 0.0731. The van der Waals surface area contributed by atoms with Gasteiger partial charge in [0, 0.05) is 42.2 Å². The van der Waals surface area contributed by atoms with Gasteiger partial charge in [0.2, 0.25) is 0 Å². The van der Waals surface area contributed by atoms with Crippen LogP contribution in [0.15, 0.2) is 54.6 Å². The number of likely N-dealkylation sites (N-methyl/N-ethyl adjacent to an activating group) is 1. The van der Waals surface area contributed by atoms with Gasteiger partial charge in [-0.05, 0) is 61.7 Å². The number of rotatable bonds is 7. The smallest absolute Gasteiger partial charge is 0.254 e. The van der Waals surface area contributed by atoms with E-state index in [9.17, 15) is 4.79 Å². The summed E-state index contributed by atoms with van der Waals surface area (Å²) in [5, 5.41) is 5.71. The number of carbonyl (C=O) groups is 1. The van der Waals surface area contributed by atoms with Gasteiger partial charge in [-0.15, -0.1) is 0 Å². The maximum atomic E-state index is 13.4. The molecule has 1 aromatic heterocycles. The Morgan fingerprint density at radius 3 is 2.56 bits per heavy atom. The van der Waals surface area contributed by atoms with Gasteiger partial charge in [0.15, 0.2) is 0 Å². The molecule has 5 nitrogen and oxygen atoms in total. The minimum absolute atomic E-state index is 0.0553. The lowest BCUT2D eigenvalue weighted by atomic mass is 10.0. The van der Waals surface area contributed by atoms with Gasteiger partial charge in [-0.25, -0.2) is 4.68 Å². The number of nitrogens with zero attached hydrogens (tertiary/aromatic N) is 4. The van der Waals surface area contributed by atoms with Gasteiger partial charge in [-0.1, -0.05) is 36.7 Å². The number of aromatic nitrogens is 2. The fourth-order valence-electron chi connectivity index (χ4n) is 4.51. The Kier molecular flexibility index (Phi) is 6.03. The third kappa shape index (κ3) is 4.45. The molecule has 1 aliphatic carbocycles. The first kappa shape index (κ1) is 21.2. The highest BCUT2D eigenvalue weighted by Crippen LogP contribution is 2.32. The molecule has 2 aliphatic rings. The molecule has 1 aliphatic heterocycles. The summed E-state index contributed by atoms with van der Waals surface area (Å²) in [6.45, 7) is 6.47. The van der Waals surface area contributed by atoms with Crippen LogP contribution in [0.3, 0.4) is 0 Å². The zero-order valence-electron chi connectivity index (χ0n) is 18.5. The summed E-state index contributed by atoms with van der Waals surface area (Å²) >= 11 is 6.05. The molecule has 166 valence electrons. The highest BCUT2D eigenvalue weighted by molar-refractivity contribution is 6.30. The number of hydrogen-bond acceptors (Lipinski definition) is 3. The predicted octanol–water partition coefficient (Wildman–Crippen LogP) is 4.96. The van der Waals surface area contributed by atoms with Gasteiger partial charge in [0.05, 0.1) is 23.6 Å². The van der Waals surface area contributed by atoms with Crippen molar-refractivity contribution in [2.45, 2.75) is 39.3 Å². The molecule has 0 spiro atoms. The Labute approximate surface area is 194 Å². The van der Waals surface area contributed by atoms with E-state index in [1.807, 2.05) is 35.2 Å². The second-order valence-electron chi connectivity index (χ2n) is 8.87. The van der Waals surface area contributed by atoms with Crippen LogP contribution in [0.1, 0.15) is 47.1 Å². The molecule has 5 rings (SSSR count). The van der Waals surface area contributed by atoms with Crippen LogP contribution in [0, 0.1) is 5.92 Å². The molecule has 0 atom stereocenters. The largest absolute Gasteiger partial charge is 0.332 e. The van der Waals surface area contributed by atoms with E-state index in [4.69, 9.17) is 16.7 Å². The zero-order valence-corrected chi connectivity index (χ0v) is 19.3. The topological polar surface area (TPSA) is 41.4 Å². The van der Waals surface area contributed by atoms with E-state index in [1.54, 1.807) is 12.1 Å². The molecule has 32 heavy (non-hydrogen) atoms. The Morgan fingerprint density at radius 1 is 1.12 bits per heavy atom. The zero-order chi connectivity index (χ0) is 22.1. The van der Waals surface area contributed by atoms with E-state index in [0.717, 1.165) is 44.0 Å². The highest BCUT2D eigenvalue weighted by atomic mass is 35.5. The van der Waals surface area contributed by atoms with Crippen LogP contribution in [-0.2, 0) is 19.5 Å². The van der Waals surface area contributed by atoms with Crippen LogP contribution in [0.5, 0.6) is 0 Å². The van der Waals surface area contributed by atoms with Crippen molar-refractivity contribution in [2.24, 2.45) is 5.92 Å². The first-order chi connectivity index (χ1) is 15.6. The molecule has 0 bridgehead atoms. The SMILES string of the molecule is CCN1CCc2c(c(CN(CC3CC3)C(=O)c3ccc(Cl)cc3)nn2-c2ccccc2)C1. The number of para-hydroxylation sites is 1. The van der Waals surface area contributed by atoms with Crippen LogP contribution >= 0.6 is 11.6 Å². The van der Waals surface area contributed by atoms with Gasteiger partial charge in [0.1, 0.15) is 0 Å². The van der Waals surface area contributed by atoms with Gasteiger partial charge < -0.3 is 4.90 Å². The molecule has 1 fully saturated rings. The molecule has 0 radical (unpaired) electrons. The summed E-state index contributed by atoms with van der Waals surface area (Å²) < 4.78 is 2.10. The minimum Gasteiger partial charge on any atom is -0.332 e. The van der Waals surface area contributed by atoms with E-state index in [0.29, 0.717) is 23.0 Å². The number of halogens is 1. The molecule has 0 saturated heterocycles. The van der Waals surface area contributed by atoms with E-state index in [-0.39, 0.29) is 5.91 Å².